The Morgan fingerprint density at radius 1 is 1.35 bits per heavy atom. The summed E-state index contributed by atoms with van der Waals surface area (Å²) < 4.78 is 23.3. The minimum absolute atomic E-state index is 0.0524. The van der Waals surface area contributed by atoms with Gasteiger partial charge in [-0.25, -0.2) is 14.2 Å². The smallest absolute Gasteiger partial charge is 0.341 e. The maximum absolute atomic E-state index is 12.9. The lowest BCUT2D eigenvalue weighted by Crippen LogP contribution is -2.54. The normalized spacial score (nSPS) is 14.3. The van der Waals surface area contributed by atoms with Crippen LogP contribution in [0.25, 0.3) is 0 Å². The minimum Gasteiger partial charge on any atom is -0.487 e. The molecule has 0 N–H and O–H groups in total. The molecule has 0 atom stereocenters. The number of benzene rings is 1. The molecule has 120 valence electrons. The van der Waals surface area contributed by atoms with Gasteiger partial charge in [0.2, 0.25) is 0 Å². The van der Waals surface area contributed by atoms with Crippen molar-refractivity contribution in [1.82, 2.24) is 4.98 Å². The number of nitrogens with zero attached hydrogens (tertiary/aromatic N) is 2. The Balaban J connectivity index is 1.67. The van der Waals surface area contributed by atoms with Crippen molar-refractivity contribution >= 4 is 23.4 Å². The molecule has 1 aromatic heterocycles. The molecular weight excluding hydrogens is 323 g/mol. The highest BCUT2D eigenvalue weighted by atomic mass is 35.5. The van der Waals surface area contributed by atoms with Crippen LogP contribution in [0.1, 0.15) is 10.4 Å². The minimum atomic E-state index is -0.488. The van der Waals surface area contributed by atoms with Crippen molar-refractivity contribution in [2.45, 2.75) is 6.10 Å². The lowest BCUT2D eigenvalue weighted by molar-refractivity contribution is 0.0600. The molecule has 0 unspecified atom stereocenters. The third-order valence-electron chi connectivity index (χ3n) is 3.50. The number of anilines is 1. The van der Waals surface area contributed by atoms with Gasteiger partial charge in [0.1, 0.15) is 29.1 Å². The summed E-state index contributed by atoms with van der Waals surface area (Å²) in [5, 5.41) is 0.369. The number of pyridine rings is 1. The Morgan fingerprint density at radius 3 is 2.70 bits per heavy atom. The zero-order chi connectivity index (χ0) is 16.4. The van der Waals surface area contributed by atoms with Crippen LogP contribution in [-0.4, -0.2) is 37.3 Å². The lowest BCUT2D eigenvalue weighted by atomic mass is 10.1. The lowest BCUT2D eigenvalue weighted by Gasteiger charge is -2.40. The molecule has 0 saturated carbocycles. The van der Waals surface area contributed by atoms with Gasteiger partial charge in [-0.2, -0.15) is 0 Å². The molecule has 1 aromatic carbocycles. The van der Waals surface area contributed by atoms with Gasteiger partial charge in [-0.05, 0) is 30.3 Å². The van der Waals surface area contributed by atoms with Crippen molar-refractivity contribution in [3.05, 3.63) is 52.9 Å². The van der Waals surface area contributed by atoms with Crippen LogP contribution in [0.2, 0.25) is 5.02 Å². The number of hydrogen-bond donors (Lipinski definition) is 0. The van der Waals surface area contributed by atoms with Crippen LogP contribution < -0.4 is 9.64 Å². The number of carbonyl (C=O) groups excluding carboxylic acids is 1. The summed E-state index contributed by atoms with van der Waals surface area (Å²) in [7, 11) is 1.31. The SMILES string of the molecule is COC(=O)c1cc(Cl)cnc1N1CC(Oc2ccc(F)cc2)C1. The number of methoxy groups -OCH3 is 1. The predicted octanol–water partition coefficient (Wildman–Crippen LogP) is 2.93. The highest BCUT2D eigenvalue weighted by molar-refractivity contribution is 6.30. The molecule has 1 aliphatic rings. The van der Waals surface area contributed by atoms with Crippen LogP contribution in [-0.2, 0) is 4.74 Å². The van der Waals surface area contributed by atoms with Crippen LogP contribution in [0.15, 0.2) is 36.5 Å². The van der Waals surface area contributed by atoms with E-state index in [2.05, 4.69) is 4.98 Å². The summed E-state index contributed by atoms with van der Waals surface area (Å²) in [6, 6.07) is 7.39. The number of rotatable bonds is 4. The Bertz CT molecular complexity index is 718. The molecule has 1 fully saturated rings. The fourth-order valence-corrected chi connectivity index (χ4v) is 2.49. The summed E-state index contributed by atoms with van der Waals surface area (Å²) in [4.78, 5) is 17.9. The van der Waals surface area contributed by atoms with Crippen molar-refractivity contribution in [2.24, 2.45) is 0 Å². The molecule has 7 heteroatoms. The predicted molar refractivity (Wildman–Crippen MR) is 83.6 cm³/mol. The second-order valence-electron chi connectivity index (χ2n) is 5.12. The van der Waals surface area contributed by atoms with Gasteiger partial charge in [0.15, 0.2) is 0 Å². The Labute approximate surface area is 137 Å². The first kappa shape index (κ1) is 15.6. The second-order valence-corrected chi connectivity index (χ2v) is 5.55. The average molecular weight is 337 g/mol. The van der Waals surface area contributed by atoms with E-state index in [1.807, 2.05) is 4.90 Å². The molecule has 2 heterocycles. The molecule has 3 rings (SSSR count). The average Bonchev–Trinajstić information content (AvgIpc) is 2.52. The summed E-state index contributed by atoms with van der Waals surface area (Å²) >= 11 is 5.89. The van der Waals surface area contributed by atoms with E-state index >= 15 is 0 Å². The van der Waals surface area contributed by atoms with Crippen molar-refractivity contribution < 1.29 is 18.7 Å². The summed E-state index contributed by atoms with van der Waals surface area (Å²) in [5.74, 6) is 0.326. The molecule has 0 spiro atoms. The van der Waals surface area contributed by atoms with Gasteiger partial charge in [0.25, 0.3) is 0 Å². The number of ether oxygens (including phenoxy) is 2. The molecular formula is C16H14ClFN2O3. The topological polar surface area (TPSA) is 51.7 Å². The van der Waals surface area contributed by atoms with Crippen molar-refractivity contribution in [3.8, 4) is 5.75 Å². The van der Waals surface area contributed by atoms with E-state index in [0.717, 1.165) is 0 Å². The van der Waals surface area contributed by atoms with Gasteiger partial charge in [-0.1, -0.05) is 11.6 Å². The second kappa shape index (κ2) is 6.42. The van der Waals surface area contributed by atoms with Gasteiger partial charge >= 0.3 is 5.97 Å². The van der Waals surface area contributed by atoms with Gasteiger partial charge in [0, 0.05) is 6.20 Å². The van der Waals surface area contributed by atoms with E-state index in [0.29, 0.717) is 35.2 Å². The maximum Gasteiger partial charge on any atom is 0.341 e. The Hall–Kier alpha value is -2.34. The number of hydrogen-bond acceptors (Lipinski definition) is 5. The number of esters is 1. The van der Waals surface area contributed by atoms with Gasteiger partial charge in [-0.15, -0.1) is 0 Å². The zero-order valence-electron chi connectivity index (χ0n) is 12.3. The third kappa shape index (κ3) is 3.37. The summed E-state index contributed by atoms with van der Waals surface area (Å²) in [6.07, 6.45) is 1.43. The van der Waals surface area contributed by atoms with Gasteiger partial charge < -0.3 is 14.4 Å². The fourth-order valence-electron chi connectivity index (χ4n) is 2.34. The molecule has 1 saturated heterocycles. The molecule has 0 aliphatic carbocycles. The van der Waals surface area contributed by atoms with Crippen LogP contribution >= 0.6 is 11.6 Å². The van der Waals surface area contributed by atoms with Crippen molar-refractivity contribution in [3.63, 3.8) is 0 Å². The maximum atomic E-state index is 12.9. The first-order valence-corrected chi connectivity index (χ1v) is 7.35. The molecule has 1 aliphatic heterocycles. The van der Waals surface area contributed by atoms with Gasteiger partial charge in [0.05, 0.1) is 25.2 Å². The molecule has 5 nitrogen and oxygen atoms in total. The van der Waals surface area contributed by atoms with E-state index in [1.54, 1.807) is 12.1 Å². The summed E-state index contributed by atoms with van der Waals surface area (Å²) in [5.41, 5.74) is 0.320. The van der Waals surface area contributed by atoms with E-state index in [4.69, 9.17) is 21.1 Å². The van der Waals surface area contributed by atoms with Crippen LogP contribution in [0.5, 0.6) is 5.75 Å². The number of halogens is 2. The fraction of sp³-hybridized carbons (Fsp3) is 0.250. The van der Waals surface area contributed by atoms with Crippen LogP contribution in [0, 0.1) is 5.82 Å². The molecule has 0 radical (unpaired) electrons. The van der Waals surface area contributed by atoms with E-state index in [9.17, 15) is 9.18 Å². The Kier molecular flexibility index (Phi) is 4.34. The molecule has 23 heavy (non-hydrogen) atoms. The van der Waals surface area contributed by atoms with Crippen LogP contribution in [0.3, 0.4) is 0 Å². The standard InChI is InChI=1S/C16H14ClFN2O3/c1-22-16(21)14-6-10(17)7-19-15(14)20-8-13(9-20)23-12-4-2-11(18)3-5-12/h2-7,13H,8-9H2,1H3. The highest BCUT2D eigenvalue weighted by Gasteiger charge is 2.32. The summed E-state index contributed by atoms with van der Waals surface area (Å²) in [6.45, 7) is 1.13. The van der Waals surface area contributed by atoms with Crippen LogP contribution in [0.4, 0.5) is 10.2 Å². The van der Waals surface area contributed by atoms with E-state index in [-0.39, 0.29) is 11.9 Å². The first-order chi connectivity index (χ1) is 11.1. The van der Waals surface area contributed by atoms with E-state index < -0.39 is 5.97 Å². The van der Waals surface area contributed by atoms with Gasteiger partial charge in [-0.3, -0.25) is 0 Å². The van der Waals surface area contributed by atoms with E-state index in [1.165, 1.54) is 31.5 Å². The molecule has 2 aromatic rings. The van der Waals surface area contributed by atoms with Crippen molar-refractivity contribution in [2.75, 3.05) is 25.1 Å². The number of carbonyl (C=O) groups is 1. The first-order valence-electron chi connectivity index (χ1n) is 6.98. The zero-order valence-corrected chi connectivity index (χ0v) is 13.1. The monoisotopic (exact) mass is 336 g/mol. The quantitative estimate of drug-likeness (QED) is 0.803. The van der Waals surface area contributed by atoms with Crippen molar-refractivity contribution in [1.29, 1.82) is 0 Å². The molecule has 0 bridgehead atoms. The largest absolute Gasteiger partial charge is 0.487 e. The molecule has 0 amide bonds. The Morgan fingerprint density at radius 2 is 2.04 bits per heavy atom. The highest BCUT2D eigenvalue weighted by Crippen LogP contribution is 2.27. The number of aromatic nitrogens is 1. The third-order valence-corrected chi connectivity index (χ3v) is 3.71.